The zero-order valence-electron chi connectivity index (χ0n) is 13.5. The van der Waals surface area contributed by atoms with E-state index in [-0.39, 0.29) is 12.2 Å². The summed E-state index contributed by atoms with van der Waals surface area (Å²) in [5.41, 5.74) is 1.15. The van der Waals surface area contributed by atoms with Crippen LogP contribution in [0.5, 0.6) is 0 Å². The van der Waals surface area contributed by atoms with Gasteiger partial charge in [-0.05, 0) is 11.6 Å². The summed E-state index contributed by atoms with van der Waals surface area (Å²) in [6.07, 6.45) is 4.04. The quantitative estimate of drug-likeness (QED) is 0.792. The third-order valence-corrected chi connectivity index (χ3v) is 5.12. The van der Waals surface area contributed by atoms with Gasteiger partial charge in [-0.2, -0.15) is 10.5 Å². The van der Waals surface area contributed by atoms with Crippen molar-refractivity contribution in [2.24, 2.45) is 5.41 Å². The number of nitriles is 2. The Morgan fingerprint density at radius 3 is 2.52 bits per heavy atom. The molecule has 25 heavy (non-hydrogen) atoms. The number of fused-ring (bicyclic) bond motifs is 3. The predicted molar refractivity (Wildman–Crippen MR) is 94.6 cm³/mol. The third kappa shape index (κ3) is 2.08. The number of ketones is 1. The van der Waals surface area contributed by atoms with Gasteiger partial charge in [-0.25, -0.2) is 0 Å². The smallest absolute Gasteiger partial charge is 0.185 e. The number of Topliss-reactive ketones (excluding diaryl/α,β-unsaturated/α-hetero) is 1. The molecule has 1 saturated heterocycles. The highest BCUT2D eigenvalue weighted by Crippen LogP contribution is 2.48. The number of hydrogen-bond acceptors (Lipinski definition) is 4. The van der Waals surface area contributed by atoms with Crippen molar-refractivity contribution in [1.29, 1.82) is 10.5 Å². The van der Waals surface area contributed by atoms with Gasteiger partial charge in [-0.3, -0.25) is 4.79 Å². The Morgan fingerprint density at radius 1 is 1.08 bits per heavy atom. The summed E-state index contributed by atoms with van der Waals surface area (Å²) in [6, 6.07) is 20.3. The number of nitrogens with zero attached hydrogens (tertiary/aromatic N) is 3. The van der Waals surface area contributed by atoms with Crippen LogP contribution >= 0.6 is 0 Å². The van der Waals surface area contributed by atoms with Crippen molar-refractivity contribution >= 4 is 17.5 Å². The zero-order chi connectivity index (χ0) is 17.4. The lowest BCUT2D eigenvalue weighted by molar-refractivity contribution is 0.0860. The molecule has 0 aromatic heterocycles. The topological polar surface area (TPSA) is 67.9 Å². The molecule has 2 aromatic carbocycles. The normalized spacial score (nSPS) is 26.2. The number of para-hydroxylation sites is 1. The van der Waals surface area contributed by atoms with Crippen LogP contribution in [0.15, 0.2) is 60.7 Å². The van der Waals surface area contributed by atoms with Gasteiger partial charge in [0.1, 0.15) is 11.5 Å². The van der Waals surface area contributed by atoms with Crippen molar-refractivity contribution in [3.63, 3.8) is 0 Å². The second-order valence-corrected chi connectivity index (χ2v) is 6.40. The average Bonchev–Trinajstić information content (AvgIpc) is 3.03. The molecule has 0 saturated carbocycles. The number of rotatable bonds is 2. The van der Waals surface area contributed by atoms with Gasteiger partial charge in [0.05, 0.1) is 18.2 Å². The van der Waals surface area contributed by atoms with Gasteiger partial charge in [-0.15, -0.1) is 0 Å². The Hall–Kier alpha value is -3.37. The number of benzene rings is 2. The molecule has 2 aliphatic rings. The van der Waals surface area contributed by atoms with Gasteiger partial charge in [0.2, 0.25) is 0 Å². The summed E-state index contributed by atoms with van der Waals surface area (Å²) < 4.78 is 0. The third-order valence-electron chi connectivity index (χ3n) is 5.12. The molecule has 0 N–H and O–H groups in total. The van der Waals surface area contributed by atoms with Crippen LogP contribution in [0.25, 0.3) is 6.08 Å². The first-order valence-electron chi connectivity index (χ1n) is 8.17. The van der Waals surface area contributed by atoms with Gasteiger partial charge in [0, 0.05) is 17.7 Å². The molecule has 0 amide bonds. The molecule has 2 aromatic rings. The molecule has 2 heterocycles. The van der Waals surface area contributed by atoms with Crippen LogP contribution in [0.2, 0.25) is 0 Å². The molecule has 4 rings (SSSR count). The average molecular weight is 325 g/mol. The first-order valence-corrected chi connectivity index (χ1v) is 8.17. The lowest BCUT2D eigenvalue weighted by Crippen LogP contribution is -2.45. The van der Waals surface area contributed by atoms with Gasteiger partial charge in [-0.1, -0.05) is 60.7 Å². The second-order valence-electron chi connectivity index (χ2n) is 6.40. The molecule has 4 nitrogen and oxygen atoms in total. The molecule has 2 aliphatic heterocycles. The van der Waals surface area contributed by atoms with Crippen LogP contribution in [-0.4, -0.2) is 17.9 Å². The van der Waals surface area contributed by atoms with Crippen molar-refractivity contribution in [2.45, 2.75) is 18.5 Å². The highest BCUT2D eigenvalue weighted by molar-refractivity contribution is 6.04. The molecule has 0 unspecified atom stereocenters. The first-order chi connectivity index (χ1) is 12.2. The van der Waals surface area contributed by atoms with E-state index in [0.29, 0.717) is 5.56 Å². The van der Waals surface area contributed by atoms with Gasteiger partial charge in [0.15, 0.2) is 5.78 Å². The van der Waals surface area contributed by atoms with Gasteiger partial charge < -0.3 is 4.90 Å². The Morgan fingerprint density at radius 2 is 1.80 bits per heavy atom. The summed E-state index contributed by atoms with van der Waals surface area (Å²) >= 11 is 0. The number of carbonyl (C=O) groups is 1. The fraction of sp³-hybridized carbons (Fsp3) is 0.190. The first kappa shape index (κ1) is 15.2. The minimum atomic E-state index is -1.26. The van der Waals surface area contributed by atoms with Crippen LogP contribution in [0.4, 0.5) is 5.69 Å². The molecule has 120 valence electrons. The molecule has 0 radical (unpaired) electrons. The maximum atomic E-state index is 13.2. The molecule has 3 atom stereocenters. The van der Waals surface area contributed by atoms with E-state index >= 15 is 0 Å². The van der Waals surface area contributed by atoms with Gasteiger partial charge in [0.25, 0.3) is 0 Å². The monoisotopic (exact) mass is 325 g/mol. The fourth-order valence-corrected chi connectivity index (χ4v) is 3.93. The molecular weight excluding hydrogens is 310 g/mol. The number of carbonyl (C=O) groups excluding carboxylic acids is 1. The Bertz CT molecular complexity index is 951. The maximum Gasteiger partial charge on any atom is 0.185 e. The molecule has 1 fully saturated rings. The number of anilines is 1. The molecule has 0 bridgehead atoms. The van der Waals surface area contributed by atoms with Crippen LogP contribution in [0.3, 0.4) is 0 Å². The number of hydrogen-bond donors (Lipinski definition) is 0. The lowest BCUT2D eigenvalue weighted by Gasteiger charge is -2.35. The summed E-state index contributed by atoms with van der Waals surface area (Å²) in [4.78, 5) is 15.2. The van der Waals surface area contributed by atoms with Crippen molar-refractivity contribution in [3.8, 4) is 12.1 Å². The van der Waals surface area contributed by atoms with E-state index in [4.69, 9.17) is 0 Å². The molecular formula is C21H15N3O. The minimum Gasteiger partial charge on any atom is -0.346 e. The molecule has 4 heteroatoms. The fourth-order valence-electron chi connectivity index (χ4n) is 3.93. The van der Waals surface area contributed by atoms with Crippen LogP contribution in [-0.2, 0) is 0 Å². The van der Waals surface area contributed by atoms with Crippen LogP contribution in [0, 0.1) is 28.1 Å². The summed E-state index contributed by atoms with van der Waals surface area (Å²) in [6.45, 7) is 0. The standard InChI is InChI=1S/C21H15N3O/c22-13-17-12-21(14-23,20(25)16-7-2-1-3-8-16)19-11-10-15-6-4-5-9-18(15)24(17)19/h1-11,17,19H,12H2/t17-,19-,21-/m1/s1. The largest absolute Gasteiger partial charge is 0.346 e. The highest BCUT2D eigenvalue weighted by Gasteiger charge is 2.57. The summed E-state index contributed by atoms with van der Waals surface area (Å²) in [5.74, 6) is -0.215. The highest BCUT2D eigenvalue weighted by atomic mass is 16.1. The summed E-state index contributed by atoms with van der Waals surface area (Å²) in [5, 5.41) is 19.7. The second kappa shape index (κ2) is 5.61. The van der Waals surface area contributed by atoms with E-state index in [1.807, 2.05) is 47.4 Å². The van der Waals surface area contributed by atoms with E-state index in [0.717, 1.165) is 11.3 Å². The Labute approximate surface area is 146 Å². The van der Waals surface area contributed by atoms with E-state index in [1.165, 1.54) is 0 Å². The van der Waals surface area contributed by atoms with Crippen molar-refractivity contribution in [3.05, 3.63) is 71.8 Å². The maximum absolute atomic E-state index is 13.2. The van der Waals surface area contributed by atoms with Crippen molar-refractivity contribution < 1.29 is 4.79 Å². The van der Waals surface area contributed by atoms with Crippen molar-refractivity contribution in [1.82, 2.24) is 0 Å². The van der Waals surface area contributed by atoms with Crippen molar-refractivity contribution in [2.75, 3.05) is 4.90 Å². The van der Waals surface area contributed by atoms with E-state index < -0.39 is 17.5 Å². The Balaban J connectivity index is 1.86. The van der Waals surface area contributed by atoms with E-state index in [2.05, 4.69) is 12.1 Å². The van der Waals surface area contributed by atoms with E-state index in [9.17, 15) is 15.3 Å². The van der Waals surface area contributed by atoms with Crippen LogP contribution < -0.4 is 4.90 Å². The zero-order valence-corrected chi connectivity index (χ0v) is 13.5. The molecule has 0 aliphatic carbocycles. The van der Waals surface area contributed by atoms with Crippen LogP contribution in [0.1, 0.15) is 22.3 Å². The molecule has 0 spiro atoms. The van der Waals surface area contributed by atoms with Gasteiger partial charge >= 0.3 is 0 Å². The predicted octanol–water partition coefficient (Wildman–Crippen LogP) is 3.58. The Kier molecular flexibility index (Phi) is 3.41. The summed E-state index contributed by atoms with van der Waals surface area (Å²) in [7, 11) is 0. The lowest BCUT2D eigenvalue weighted by atomic mass is 9.74. The SMILES string of the molecule is N#C[C@H]1C[C@](C#N)(C(=O)c2ccccc2)[C@H]2C=Cc3ccccc3N12. The minimum absolute atomic E-state index is 0.205. The van der Waals surface area contributed by atoms with E-state index in [1.54, 1.807) is 24.3 Å².